The van der Waals surface area contributed by atoms with Crippen LogP contribution in [0.2, 0.25) is 0 Å². The zero-order valence-corrected chi connectivity index (χ0v) is 14.0. The molecule has 0 radical (unpaired) electrons. The van der Waals surface area contributed by atoms with Gasteiger partial charge in [-0.3, -0.25) is 4.99 Å². The van der Waals surface area contributed by atoms with Gasteiger partial charge in [0, 0.05) is 20.1 Å². The van der Waals surface area contributed by atoms with Crippen molar-refractivity contribution < 1.29 is 9.47 Å². The summed E-state index contributed by atoms with van der Waals surface area (Å²) >= 11 is 0. The zero-order chi connectivity index (χ0) is 16.0. The summed E-state index contributed by atoms with van der Waals surface area (Å²) in [6, 6.07) is 8.20. The molecule has 5 heteroatoms. The van der Waals surface area contributed by atoms with Gasteiger partial charge in [0.05, 0.1) is 18.7 Å². The Kier molecular flexibility index (Phi) is 5.66. The van der Waals surface area contributed by atoms with Gasteiger partial charge < -0.3 is 20.1 Å². The van der Waals surface area contributed by atoms with E-state index in [2.05, 4.69) is 34.7 Å². The van der Waals surface area contributed by atoms with Crippen molar-refractivity contribution in [1.29, 1.82) is 0 Å². The van der Waals surface area contributed by atoms with Gasteiger partial charge in [-0.05, 0) is 32.4 Å². The Balaban J connectivity index is 1.86. The standard InChI is InChI=1S/C17H27N3O2/c1-5-18-16(20-12-17(2,3)21-4)19-11-14-10-13-8-6-7-9-15(13)22-14/h6-9,14H,5,10-12H2,1-4H3,(H2,18,19,20). The first-order valence-corrected chi connectivity index (χ1v) is 7.86. The highest BCUT2D eigenvalue weighted by Crippen LogP contribution is 2.27. The molecule has 22 heavy (non-hydrogen) atoms. The van der Waals surface area contributed by atoms with E-state index in [1.54, 1.807) is 7.11 Å². The lowest BCUT2D eigenvalue weighted by atomic mass is 10.1. The molecule has 0 saturated carbocycles. The molecule has 0 saturated heterocycles. The fourth-order valence-corrected chi connectivity index (χ4v) is 2.25. The van der Waals surface area contributed by atoms with Gasteiger partial charge in [0.25, 0.3) is 0 Å². The second-order valence-electron chi connectivity index (χ2n) is 6.09. The third-order valence-corrected chi connectivity index (χ3v) is 3.73. The normalized spacial score (nSPS) is 17.8. The predicted molar refractivity (Wildman–Crippen MR) is 89.6 cm³/mol. The first-order valence-electron chi connectivity index (χ1n) is 7.86. The molecule has 1 atom stereocenters. The Hall–Kier alpha value is -1.75. The predicted octanol–water partition coefficient (Wildman–Crippen LogP) is 1.97. The lowest BCUT2D eigenvalue weighted by Gasteiger charge is -2.21. The number of fused-ring (bicyclic) bond motifs is 1. The first kappa shape index (κ1) is 16.6. The fourth-order valence-electron chi connectivity index (χ4n) is 2.25. The smallest absolute Gasteiger partial charge is 0.191 e. The van der Waals surface area contributed by atoms with Crippen LogP contribution >= 0.6 is 0 Å². The van der Waals surface area contributed by atoms with E-state index >= 15 is 0 Å². The number of methoxy groups -OCH3 is 1. The maximum atomic E-state index is 5.93. The Labute approximate surface area is 133 Å². The van der Waals surface area contributed by atoms with Crippen LogP contribution in [0.4, 0.5) is 0 Å². The second-order valence-corrected chi connectivity index (χ2v) is 6.09. The van der Waals surface area contributed by atoms with E-state index in [0.717, 1.165) is 31.2 Å². The van der Waals surface area contributed by atoms with Gasteiger partial charge in [0.1, 0.15) is 11.9 Å². The maximum Gasteiger partial charge on any atom is 0.191 e. The molecule has 1 aromatic rings. The highest BCUT2D eigenvalue weighted by atomic mass is 16.5. The van der Waals surface area contributed by atoms with Crippen LogP contribution in [0.3, 0.4) is 0 Å². The maximum absolute atomic E-state index is 5.93. The number of para-hydroxylation sites is 1. The summed E-state index contributed by atoms with van der Waals surface area (Å²) in [7, 11) is 1.71. The van der Waals surface area contributed by atoms with Gasteiger partial charge in [0.15, 0.2) is 5.96 Å². The van der Waals surface area contributed by atoms with Crippen LogP contribution in [0.5, 0.6) is 5.75 Å². The lowest BCUT2D eigenvalue weighted by molar-refractivity contribution is 0.0310. The van der Waals surface area contributed by atoms with Crippen LogP contribution in [0.15, 0.2) is 29.3 Å². The molecule has 2 N–H and O–H groups in total. The molecule has 122 valence electrons. The summed E-state index contributed by atoms with van der Waals surface area (Å²) in [5, 5.41) is 6.60. The molecule has 5 nitrogen and oxygen atoms in total. The van der Waals surface area contributed by atoms with Crippen molar-refractivity contribution in [1.82, 2.24) is 10.6 Å². The van der Waals surface area contributed by atoms with Gasteiger partial charge >= 0.3 is 0 Å². The fraction of sp³-hybridized carbons (Fsp3) is 0.588. The van der Waals surface area contributed by atoms with Crippen LogP contribution in [0, 0.1) is 0 Å². The van der Waals surface area contributed by atoms with Crippen molar-refractivity contribution in [3.05, 3.63) is 29.8 Å². The van der Waals surface area contributed by atoms with Crippen molar-refractivity contribution in [2.24, 2.45) is 4.99 Å². The van der Waals surface area contributed by atoms with Crippen LogP contribution in [-0.4, -0.2) is 44.4 Å². The zero-order valence-electron chi connectivity index (χ0n) is 14.0. The van der Waals surface area contributed by atoms with E-state index in [1.807, 2.05) is 26.0 Å². The molecule has 1 unspecified atom stereocenters. The highest BCUT2D eigenvalue weighted by molar-refractivity contribution is 5.79. The van der Waals surface area contributed by atoms with E-state index in [9.17, 15) is 0 Å². The summed E-state index contributed by atoms with van der Waals surface area (Å²) in [5.41, 5.74) is 1.01. The van der Waals surface area contributed by atoms with Gasteiger partial charge in [-0.2, -0.15) is 0 Å². The number of benzene rings is 1. The number of ether oxygens (including phenoxy) is 2. The number of nitrogens with one attached hydrogen (secondary N) is 2. The number of rotatable bonds is 6. The highest BCUT2D eigenvalue weighted by Gasteiger charge is 2.22. The Morgan fingerprint density at radius 2 is 2.14 bits per heavy atom. The molecule has 1 aromatic carbocycles. The first-order chi connectivity index (χ1) is 10.5. The molecular weight excluding hydrogens is 278 g/mol. The average Bonchev–Trinajstić information content (AvgIpc) is 2.93. The van der Waals surface area contributed by atoms with E-state index in [4.69, 9.17) is 9.47 Å². The van der Waals surface area contributed by atoms with Gasteiger partial charge in [0.2, 0.25) is 0 Å². The SMILES string of the molecule is CCNC(=NCC(C)(C)OC)NCC1Cc2ccccc2O1. The van der Waals surface area contributed by atoms with E-state index < -0.39 is 0 Å². The summed E-state index contributed by atoms with van der Waals surface area (Å²) in [6.45, 7) is 8.26. The Morgan fingerprint density at radius 1 is 1.36 bits per heavy atom. The molecule has 0 aliphatic carbocycles. The van der Waals surface area contributed by atoms with Crippen molar-refractivity contribution in [2.75, 3.05) is 26.7 Å². The number of guanidine groups is 1. The Bertz CT molecular complexity index is 489. The van der Waals surface area contributed by atoms with E-state index in [1.165, 1.54) is 5.56 Å². The quantitative estimate of drug-likeness (QED) is 0.623. The minimum absolute atomic E-state index is 0.150. The molecule has 1 aliphatic heterocycles. The number of aliphatic imine (C=N–C) groups is 1. The molecule has 0 bridgehead atoms. The molecular formula is C17H27N3O2. The lowest BCUT2D eigenvalue weighted by Crippen LogP contribution is -2.43. The molecule has 0 amide bonds. The van der Waals surface area contributed by atoms with Crippen LogP contribution < -0.4 is 15.4 Å². The van der Waals surface area contributed by atoms with Crippen molar-refractivity contribution in [3.63, 3.8) is 0 Å². The molecule has 0 spiro atoms. The number of hydrogen-bond donors (Lipinski definition) is 2. The monoisotopic (exact) mass is 305 g/mol. The largest absolute Gasteiger partial charge is 0.488 e. The summed E-state index contributed by atoms with van der Waals surface area (Å²) in [4.78, 5) is 4.58. The number of nitrogens with zero attached hydrogens (tertiary/aromatic N) is 1. The number of hydrogen-bond acceptors (Lipinski definition) is 3. The van der Waals surface area contributed by atoms with Gasteiger partial charge in [-0.1, -0.05) is 18.2 Å². The summed E-state index contributed by atoms with van der Waals surface area (Å²) in [5.74, 6) is 1.80. The molecule has 1 heterocycles. The molecule has 0 fully saturated rings. The van der Waals surface area contributed by atoms with Crippen LogP contribution in [0.1, 0.15) is 26.3 Å². The van der Waals surface area contributed by atoms with Gasteiger partial charge in [-0.15, -0.1) is 0 Å². The van der Waals surface area contributed by atoms with Crippen LogP contribution in [-0.2, 0) is 11.2 Å². The van der Waals surface area contributed by atoms with Crippen molar-refractivity contribution in [2.45, 2.75) is 38.9 Å². The van der Waals surface area contributed by atoms with Crippen LogP contribution in [0.25, 0.3) is 0 Å². The molecule has 2 rings (SSSR count). The van der Waals surface area contributed by atoms with E-state index in [0.29, 0.717) is 6.54 Å². The summed E-state index contributed by atoms with van der Waals surface area (Å²) in [6.07, 6.45) is 1.09. The molecule has 0 aromatic heterocycles. The minimum Gasteiger partial charge on any atom is -0.488 e. The minimum atomic E-state index is -0.261. The van der Waals surface area contributed by atoms with Gasteiger partial charge in [-0.25, -0.2) is 0 Å². The Morgan fingerprint density at radius 3 is 2.82 bits per heavy atom. The average molecular weight is 305 g/mol. The van der Waals surface area contributed by atoms with Crippen molar-refractivity contribution >= 4 is 5.96 Å². The van der Waals surface area contributed by atoms with E-state index in [-0.39, 0.29) is 11.7 Å². The molecule has 1 aliphatic rings. The summed E-state index contributed by atoms with van der Waals surface area (Å²) < 4.78 is 11.3. The third kappa shape index (κ3) is 4.63. The third-order valence-electron chi connectivity index (χ3n) is 3.73. The topological polar surface area (TPSA) is 54.9 Å². The van der Waals surface area contributed by atoms with Crippen molar-refractivity contribution in [3.8, 4) is 5.75 Å². The second kappa shape index (κ2) is 7.49.